The lowest BCUT2D eigenvalue weighted by atomic mass is 9.74. The Morgan fingerprint density at radius 3 is 2.59 bits per heavy atom. The Hall–Kier alpha value is -2.86. The number of aliphatic imine (C=N–C) groups is 1. The maximum atomic E-state index is 14.3. The lowest BCUT2D eigenvalue weighted by molar-refractivity contribution is -0.144. The molecule has 1 saturated heterocycles. The van der Waals surface area contributed by atoms with Gasteiger partial charge in [-0.15, -0.1) is 0 Å². The molecule has 0 amide bonds. The van der Waals surface area contributed by atoms with Gasteiger partial charge in [-0.2, -0.15) is 0 Å². The van der Waals surface area contributed by atoms with E-state index in [1.54, 1.807) is 18.4 Å². The quantitative estimate of drug-likeness (QED) is 0.259. The first-order valence-corrected chi connectivity index (χ1v) is 12.2. The first-order valence-electron chi connectivity index (χ1n) is 12.2. The van der Waals surface area contributed by atoms with Crippen LogP contribution in [0.1, 0.15) is 75.2 Å². The number of alkyl halides is 3. The number of ether oxygens (including phenoxy) is 1. The molecule has 0 aliphatic carbocycles. The molecule has 1 aromatic carbocycles. The second kappa shape index (κ2) is 9.79. The summed E-state index contributed by atoms with van der Waals surface area (Å²) in [6.45, 7) is 11.0. The average Bonchev–Trinajstić information content (AvgIpc) is 3.41. The van der Waals surface area contributed by atoms with E-state index in [0.29, 0.717) is 16.7 Å². The number of carbonyl (C=O) groups excluding carboxylic acids is 1. The monoisotopic (exact) mass is 520 g/mol. The van der Waals surface area contributed by atoms with E-state index >= 15 is 0 Å². The van der Waals surface area contributed by atoms with E-state index in [2.05, 4.69) is 9.98 Å². The maximum absolute atomic E-state index is 14.3. The number of aromatic nitrogens is 2. The number of nitrogen functional groups attached to an aromatic ring is 1. The van der Waals surface area contributed by atoms with Gasteiger partial charge in [-0.25, -0.2) is 22.9 Å². The average molecular weight is 520 g/mol. The van der Waals surface area contributed by atoms with Crippen molar-refractivity contribution in [2.75, 3.05) is 12.3 Å². The minimum atomic E-state index is -2.89. The van der Waals surface area contributed by atoms with E-state index in [0.717, 1.165) is 6.21 Å². The molecule has 2 aromatic rings. The smallest absolute Gasteiger partial charge is 0.464 e. The molecule has 1 unspecified atom stereocenters. The standard InChI is InChI=1S/C25H32BF3N4O4/c1-7-35-23(34)21(20-18-8-14(27)11-33(18)12-32-20)31-10-16-15(22(28)29)9-17(13(2)19(16)30)26-36-24(3,4)25(5,6)37-26/h9-10,12,14,21-22H,7-8,11,30H2,1-6H3/t14-,21?/m1/s1. The number of carbonyl (C=O) groups is 1. The zero-order chi connectivity index (χ0) is 27.3. The number of rotatable bonds is 7. The molecule has 1 fully saturated rings. The van der Waals surface area contributed by atoms with E-state index in [1.165, 1.54) is 12.4 Å². The first kappa shape index (κ1) is 27.2. The predicted molar refractivity (Wildman–Crippen MR) is 134 cm³/mol. The maximum Gasteiger partial charge on any atom is 0.495 e. The molecule has 200 valence electrons. The third-order valence-electron chi connectivity index (χ3n) is 7.40. The number of nitrogens with two attached hydrogens (primary N) is 1. The van der Waals surface area contributed by atoms with Crippen LogP contribution in [0, 0.1) is 6.92 Å². The van der Waals surface area contributed by atoms with Crippen LogP contribution in [0.4, 0.5) is 18.9 Å². The fraction of sp³-hybridized carbons (Fsp3) is 0.560. The van der Waals surface area contributed by atoms with Crippen LogP contribution in [0.5, 0.6) is 0 Å². The number of benzene rings is 1. The van der Waals surface area contributed by atoms with E-state index in [1.807, 2.05) is 27.7 Å². The molecule has 8 nitrogen and oxygen atoms in total. The van der Waals surface area contributed by atoms with Crippen LogP contribution in [0.3, 0.4) is 0 Å². The third kappa shape index (κ3) is 4.88. The van der Waals surface area contributed by atoms with Crippen LogP contribution < -0.4 is 11.2 Å². The van der Waals surface area contributed by atoms with Crippen molar-refractivity contribution >= 4 is 30.5 Å². The highest BCUT2D eigenvalue weighted by molar-refractivity contribution is 6.63. The van der Waals surface area contributed by atoms with Gasteiger partial charge in [0, 0.05) is 35.1 Å². The summed E-state index contributed by atoms with van der Waals surface area (Å²) >= 11 is 0. The van der Waals surface area contributed by atoms with Crippen LogP contribution in [0.15, 0.2) is 17.4 Å². The van der Waals surface area contributed by atoms with Gasteiger partial charge in [-0.05, 0) is 52.6 Å². The van der Waals surface area contributed by atoms with E-state index in [9.17, 15) is 18.0 Å². The number of imidazole rings is 1. The number of nitrogens with zero attached hydrogens (tertiary/aromatic N) is 3. The molecule has 2 aliphatic rings. The molecule has 1 aromatic heterocycles. The highest BCUT2D eigenvalue weighted by Gasteiger charge is 2.52. The van der Waals surface area contributed by atoms with Crippen LogP contribution in [0.2, 0.25) is 0 Å². The molecule has 0 spiro atoms. The Labute approximate surface area is 214 Å². The van der Waals surface area contributed by atoms with Crippen molar-refractivity contribution in [2.24, 2.45) is 4.99 Å². The minimum absolute atomic E-state index is 0.0266. The molecular weight excluding hydrogens is 488 g/mol. The Morgan fingerprint density at radius 2 is 2.00 bits per heavy atom. The summed E-state index contributed by atoms with van der Waals surface area (Å²) in [5.41, 5.74) is 6.33. The van der Waals surface area contributed by atoms with Crippen molar-refractivity contribution in [3.63, 3.8) is 0 Å². The molecule has 2 N–H and O–H groups in total. The molecule has 37 heavy (non-hydrogen) atoms. The van der Waals surface area contributed by atoms with E-state index in [4.69, 9.17) is 19.8 Å². The summed E-state index contributed by atoms with van der Waals surface area (Å²) < 4.78 is 61.4. The fourth-order valence-corrected chi connectivity index (χ4v) is 4.54. The van der Waals surface area contributed by atoms with Gasteiger partial charge in [0.1, 0.15) is 6.17 Å². The van der Waals surface area contributed by atoms with Crippen LogP contribution in [-0.4, -0.2) is 52.8 Å². The molecule has 12 heteroatoms. The van der Waals surface area contributed by atoms with E-state index < -0.39 is 42.9 Å². The normalized spacial score (nSPS) is 21.1. The van der Waals surface area contributed by atoms with Crippen molar-refractivity contribution < 1.29 is 32.0 Å². The summed E-state index contributed by atoms with van der Waals surface area (Å²) in [7, 11) is -0.884. The molecule has 3 heterocycles. The zero-order valence-corrected chi connectivity index (χ0v) is 21.8. The molecule has 2 atom stereocenters. The van der Waals surface area contributed by atoms with Crippen molar-refractivity contribution in [1.29, 1.82) is 0 Å². The molecule has 2 aliphatic heterocycles. The highest BCUT2D eigenvalue weighted by atomic mass is 19.3. The van der Waals surface area contributed by atoms with Gasteiger partial charge in [0.2, 0.25) is 0 Å². The van der Waals surface area contributed by atoms with Crippen LogP contribution in [0.25, 0.3) is 0 Å². The Morgan fingerprint density at radius 1 is 1.35 bits per heavy atom. The van der Waals surface area contributed by atoms with Gasteiger partial charge in [0.15, 0.2) is 6.04 Å². The number of hydrogen-bond acceptors (Lipinski definition) is 7. The van der Waals surface area contributed by atoms with Crippen LogP contribution >= 0.6 is 0 Å². The van der Waals surface area contributed by atoms with Crippen LogP contribution in [-0.2, 0) is 31.8 Å². The van der Waals surface area contributed by atoms with Gasteiger partial charge < -0.3 is 24.3 Å². The lowest BCUT2D eigenvalue weighted by Gasteiger charge is -2.32. The summed E-state index contributed by atoms with van der Waals surface area (Å²) in [6.07, 6.45) is -1.33. The van der Waals surface area contributed by atoms with E-state index in [-0.39, 0.29) is 42.1 Å². The molecule has 0 bridgehead atoms. The molecule has 4 rings (SSSR count). The lowest BCUT2D eigenvalue weighted by Crippen LogP contribution is -2.41. The summed E-state index contributed by atoms with van der Waals surface area (Å²) in [6, 6.07) is 0.0517. The zero-order valence-electron chi connectivity index (χ0n) is 21.8. The highest BCUT2D eigenvalue weighted by Crippen LogP contribution is 2.38. The Balaban J connectivity index is 1.75. The second-order valence-electron chi connectivity index (χ2n) is 10.4. The number of hydrogen-bond donors (Lipinski definition) is 1. The number of halogens is 3. The van der Waals surface area contributed by atoms with Gasteiger partial charge >= 0.3 is 13.1 Å². The van der Waals surface area contributed by atoms with Crippen molar-refractivity contribution in [3.8, 4) is 0 Å². The van der Waals surface area contributed by atoms with Gasteiger partial charge in [0.25, 0.3) is 6.43 Å². The first-order chi connectivity index (χ1) is 17.3. The number of esters is 1. The van der Waals surface area contributed by atoms with Crippen molar-refractivity contribution in [1.82, 2.24) is 9.55 Å². The van der Waals surface area contributed by atoms with Crippen molar-refractivity contribution in [3.05, 3.63) is 40.5 Å². The number of anilines is 1. The van der Waals surface area contributed by atoms with Gasteiger partial charge in [-0.1, -0.05) is 6.07 Å². The topological polar surface area (TPSA) is 101 Å². The fourth-order valence-electron chi connectivity index (χ4n) is 4.54. The third-order valence-corrected chi connectivity index (χ3v) is 7.40. The number of fused-ring (bicyclic) bond motifs is 1. The Bertz CT molecular complexity index is 1220. The largest absolute Gasteiger partial charge is 0.495 e. The molecular formula is C25H32BF3N4O4. The molecule has 0 saturated carbocycles. The molecule has 0 radical (unpaired) electrons. The van der Waals surface area contributed by atoms with Gasteiger partial charge in [0.05, 0.1) is 36.4 Å². The van der Waals surface area contributed by atoms with Crippen molar-refractivity contribution in [2.45, 2.75) is 84.3 Å². The Kier molecular flexibility index (Phi) is 7.19. The summed E-state index contributed by atoms with van der Waals surface area (Å²) in [5, 5.41) is 0. The van der Waals surface area contributed by atoms with Gasteiger partial charge in [-0.3, -0.25) is 4.99 Å². The predicted octanol–water partition coefficient (Wildman–Crippen LogP) is 3.63. The SMILES string of the molecule is CCOC(=O)C(N=Cc1c(C(F)F)cc(B2OC(C)(C)C(C)(C)O2)c(C)c1N)c1ncn2c1C[C@@H](F)C2. The minimum Gasteiger partial charge on any atom is -0.464 e. The second-order valence-corrected chi connectivity index (χ2v) is 10.4. The summed E-state index contributed by atoms with van der Waals surface area (Å²) in [4.78, 5) is 21.3. The summed E-state index contributed by atoms with van der Waals surface area (Å²) in [5.74, 6) is -0.717.